The molecule has 6 heteroatoms. The molecule has 0 fully saturated rings. The molecule has 1 N–H and O–H groups in total. The first kappa shape index (κ1) is 18.1. The summed E-state index contributed by atoms with van der Waals surface area (Å²) < 4.78 is 18.3. The molecule has 0 saturated carbocycles. The van der Waals surface area contributed by atoms with E-state index >= 15 is 0 Å². The van der Waals surface area contributed by atoms with Gasteiger partial charge < -0.3 is 4.74 Å². The maximum Gasteiger partial charge on any atom is 0.506 e. The van der Waals surface area contributed by atoms with Crippen LogP contribution in [-0.2, 0) is 15.9 Å². The van der Waals surface area contributed by atoms with Crippen molar-refractivity contribution in [3.05, 3.63) is 95.8 Å². The number of benzene rings is 2. The zero-order valence-corrected chi connectivity index (χ0v) is 15.0. The van der Waals surface area contributed by atoms with Gasteiger partial charge in [0.15, 0.2) is 6.16 Å². The van der Waals surface area contributed by atoms with Gasteiger partial charge in [-0.2, -0.15) is 4.89 Å². The summed E-state index contributed by atoms with van der Waals surface area (Å²) in [5.41, 5.74) is 2.40. The maximum absolute atomic E-state index is 12.5. The summed E-state index contributed by atoms with van der Waals surface area (Å²) >= 11 is 0. The lowest BCUT2D eigenvalue weighted by molar-refractivity contribution is 0.140. The standard InChI is InChI=1S/C20H18NO4P/c22-20(25-14-16-8-3-1-4-9-16)21-13-7-12-19(21)18(15-26(23)24)17-10-5-2-6-11-17/h1-13,18H,14-15H2/p+1. The summed E-state index contributed by atoms with van der Waals surface area (Å²) in [6, 6.07) is 22.3. The van der Waals surface area contributed by atoms with E-state index in [-0.39, 0.29) is 18.7 Å². The Morgan fingerprint density at radius 1 is 1.00 bits per heavy atom. The van der Waals surface area contributed by atoms with Gasteiger partial charge in [0.05, 0.1) is 5.92 Å². The van der Waals surface area contributed by atoms with Gasteiger partial charge in [-0.05, 0) is 27.8 Å². The van der Waals surface area contributed by atoms with E-state index in [9.17, 15) is 14.3 Å². The molecule has 0 bridgehead atoms. The Kier molecular flexibility index (Phi) is 5.95. The maximum atomic E-state index is 12.5. The van der Waals surface area contributed by atoms with Crippen molar-refractivity contribution >= 4 is 14.1 Å². The second-order valence-corrected chi connectivity index (χ2v) is 6.91. The molecule has 0 amide bonds. The number of aromatic nitrogens is 1. The molecule has 0 radical (unpaired) electrons. The van der Waals surface area contributed by atoms with Crippen LogP contribution in [0.5, 0.6) is 0 Å². The molecular formula is C20H19NO4P+. The number of ether oxygens (including phenoxy) is 1. The highest BCUT2D eigenvalue weighted by Gasteiger charge is 2.28. The summed E-state index contributed by atoms with van der Waals surface area (Å²) in [7, 11) is -2.36. The van der Waals surface area contributed by atoms with Gasteiger partial charge >= 0.3 is 14.1 Å². The second kappa shape index (κ2) is 8.56. The Balaban J connectivity index is 1.83. The number of hydrogen-bond acceptors (Lipinski definition) is 3. The Labute approximate surface area is 152 Å². The molecule has 1 aromatic heterocycles. The molecule has 2 aromatic carbocycles. The fourth-order valence-electron chi connectivity index (χ4n) is 2.84. The van der Waals surface area contributed by atoms with Crippen LogP contribution in [0.25, 0.3) is 0 Å². The molecule has 132 valence electrons. The van der Waals surface area contributed by atoms with E-state index < -0.39 is 14.1 Å². The van der Waals surface area contributed by atoms with Crippen molar-refractivity contribution in [2.75, 3.05) is 6.16 Å². The number of hydrogen-bond donors (Lipinski definition) is 1. The normalized spacial score (nSPS) is 12.4. The SMILES string of the molecule is O=C(OCc1ccccc1)n1cccc1C(C[P+](=O)O)c1ccccc1. The smallest absolute Gasteiger partial charge is 0.444 e. The fraction of sp³-hybridized carbons (Fsp3) is 0.150. The van der Waals surface area contributed by atoms with Gasteiger partial charge in [0, 0.05) is 11.9 Å². The molecule has 0 aliphatic rings. The van der Waals surface area contributed by atoms with Crippen molar-refractivity contribution < 1.29 is 19.0 Å². The Hall–Kier alpha value is -2.75. The van der Waals surface area contributed by atoms with Gasteiger partial charge in [0.1, 0.15) is 6.61 Å². The molecule has 2 unspecified atom stereocenters. The van der Waals surface area contributed by atoms with E-state index in [1.807, 2.05) is 60.7 Å². The van der Waals surface area contributed by atoms with Crippen LogP contribution >= 0.6 is 8.03 Å². The molecule has 26 heavy (non-hydrogen) atoms. The van der Waals surface area contributed by atoms with Crippen molar-refractivity contribution in [3.8, 4) is 0 Å². The summed E-state index contributed by atoms with van der Waals surface area (Å²) in [5, 5.41) is 0. The molecule has 3 rings (SSSR count). The summed E-state index contributed by atoms with van der Waals surface area (Å²) in [6.07, 6.45) is 1.14. The van der Waals surface area contributed by atoms with E-state index in [1.165, 1.54) is 4.57 Å². The molecule has 0 saturated heterocycles. The summed E-state index contributed by atoms with van der Waals surface area (Å²) in [4.78, 5) is 22.0. The lowest BCUT2D eigenvalue weighted by Gasteiger charge is -2.15. The predicted octanol–water partition coefficient (Wildman–Crippen LogP) is 4.54. The van der Waals surface area contributed by atoms with Crippen LogP contribution in [0.4, 0.5) is 4.79 Å². The third-order valence-electron chi connectivity index (χ3n) is 4.08. The minimum absolute atomic E-state index is 0.0370. The highest BCUT2D eigenvalue weighted by molar-refractivity contribution is 7.38. The number of carbonyl (C=O) groups is 1. The van der Waals surface area contributed by atoms with E-state index in [4.69, 9.17) is 4.74 Å². The molecule has 5 nitrogen and oxygen atoms in total. The first-order valence-electron chi connectivity index (χ1n) is 8.22. The largest absolute Gasteiger partial charge is 0.506 e. The minimum atomic E-state index is -2.36. The van der Waals surface area contributed by atoms with Crippen LogP contribution in [0.2, 0.25) is 0 Å². The van der Waals surface area contributed by atoms with E-state index in [0.29, 0.717) is 5.69 Å². The Morgan fingerprint density at radius 3 is 2.31 bits per heavy atom. The van der Waals surface area contributed by atoms with Gasteiger partial charge in [-0.25, -0.2) is 4.79 Å². The molecule has 3 aromatic rings. The average Bonchev–Trinajstić information content (AvgIpc) is 3.15. The van der Waals surface area contributed by atoms with E-state index in [2.05, 4.69) is 0 Å². The third kappa shape index (κ3) is 4.45. The minimum Gasteiger partial charge on any atom is -0.444 e. The molecule has 0 aliphatic heterocycles. The molecule has 1 heterocycles. The zero-order chi connectivity index (χ0) is 18.4. The van der Waals surface area contributed by atoms with Crippen LogP contribution < -0.4 is 0 Å². The summed E-state index contributed by atoms with van der Waals surface area (Å²) in [6.45, 7) is 0.168. The fourth-order valence-corrected chi connectivity index (χ4v) is 3.55. The van der Waals surface area contributed by atoms with Gasteiger partial charge in [-0.15, -0.1) is 0 Å². The Bertz CT molecular complexity index is 877. The second-order valence-electron chi connectivity index (χ2n) is 5.84. The summed E-state index contributed by atoms with van der Waals surface area (Å²) in [5.74, 6) is -0.371. The topological polar surface area (TPSA) is 68.5 Å². The quantitative estimate of drug-likeness (QED) is 0.649. The van der Waals surface area contributed by atoms with Gasteiger partial charge in [-0.3, -0.25) is 4.57 Å². The Morgan fingerprint density at radius 2 is 1.65 bits per heavy atom. The lowest BCUT2D eigenvalue weighted by atomic mass is 9.97. The van der Waals surface area contributed by atoms with Gasteiger partial charge in [-0.1, -0.05) is 60.7 Å². The van der Waals surface area contributed by atoms with Crippen molar-refractivity contribution in [1.29, 1.82) is 0 Å². The highest BCUT2D eigenvalue weighted by Crippen LogP contribution is 2.32. The van der Waals surface area contributed by atoms with Crippen molar-refractivity contribution in [2.24, 2.45) is 0 Å². The predicted molar refractivity (Wildman–Crippen MR) is 99.4 cm³/mol. The van der Waals surface area contributed by atoms with Crippen molar-refractivity contribution in [1.82, 2.24) is 4.57 Å². The molecule has 2 atom stereocenters. The van der Waals surface area contributed by atoms with Gasteiger partial charge in [0.2, 0.25) is 0 Å². The van der Waals surface area contributed by atoms with E-state index in [0.717, 1.165) is 11.1 Å². The zero-order valence-electron chi connectivity index (χ0n) is 14.1. The number of carbonyl (C=O) groups excluding carboxylic acids is 1. The van der Waals surface area contributed by atoms with Crippen LogP contribution in [0, 0.1) is 0 Å². The van der Waals surface area contributed by atoms with Crippen molar-refractivity contribution in [2.45, 2.75) is 12.5 Å². The van der Waals surface area contributed by atoms with Crippen LogP contribution in [0.15, 0.2) is 79.0 Å². The monoisotopic (exact) mass is 368 g/mol. The van der Waals surface area contributed by atoms with Crippen LogP contribution in [0.3, 0.4) is 0 Å². The third-order valence-corrected chi connectivity index (χ3v) is 4.76. The lowest BCUT2D eigenvalue weighted by Crippen LogP contribution is -2.19. The number of rotatable bonds is 6. The van der Waals surface area contributed by atoms with Gasteiger partial charge in [0.25, 0.3) is 0 Å². The van der Waals surface area contributed by atoms with Crippen molar-refractivity contribution in [3.63, 3.8) is 0 Å². The molecule has 0 aliphatic carbocycles. The highest BCUT2D eigenvalue weighted by atomic mass is 31.1. The first-order chi connectivity index (χ1) is 12.6. The number of nitrogens with zero attached hydrogens (tertiary/aromatic N) is 1. The molecular weight excluding hydrogens is 349 g/mol. The van der Waals surface area contributed by atoms with E-state index in [1.54, 1.807) is 18.3 Å². The molecule has 0 spiro atoms. The first-order valence-corrected chi connectivity index (χ1v) is 9.61. The van der Waals surface area contributed by atoms with Crippen LogP contribution in [0.1, 0.15) is 22.7 Å². The average molecular weight is 368 g/mol. The van der Waals surface area contributed by atoms with Crippen LogP contribution in [-0.4, -0.2) is 21.7 Å².